The first-order chi connectivity index (χ1) is 3.62. The molecular formula is C5H13NO2. The zero-order valence-electron chi connectivity index (χ0n) is 5.31. The maximum absolute atomic E-state index is 9.10. The molecule has 0 saturated heterocycles. The van der Waals surface area contributed by atoms with Gasteiger partial charge in [-0.15, -0.1) is 0 Å². The molecule has 0 amide bonds. The molecule has 0 aromatic heterocycles. The molecule has 8 heavy (non-hydrogen) atoms. The summed E-state index contributed by atoms with van der Waals surface area (Å²) in [6, 6.07) is 0. The van der Waals surface area contributed by atoms with Gasteiger partial charge in [0.1, 0.15) is 0 Å². The Morgan fingerprint density at radius 2 is 2.12 bits per heavy atom. The Morgan fingerprint density at radius 3 is 2.25 bits per heavy atom. The monoisotopic (exact) mass is 119 g/mol. The first-order valence-electron chi connectivity index (χ1n) is 2.71. The van der Waals surface area contributed by atoms with Crippen molar-refractivity contribution in [2.75, 3.05) is 6.54 Å². The van der Waals surface area contributed by atoms with Crippen molar-refractivity contribution in [2.24, 2.45) is 0 Å². The zero-order valence-corrected chi connectivity index (χ0v) is 5.31. The summed E-state index contributed by atoms with van der Waals surface area (Å²) in [5.41, 5.74) is 1.14. The van der Waals surface area contributed by atoms with Crippen molar-refractivity contribution < 1.29 is 10.3 Å². The van der Waals surface area contributed by atoms with Crippen molar-refractivity contribution in [3.8, 4) is 0 Å². The van der Waals surface area contributed by atoms with Crippen LogP contribution in [-0.2, 0) is 0 Å². The summed E-state index contributed by atoms with van der Waals surface area (Å²) in [6.45, 7) is 3.75. The van der Waals surface area contributed by atoms with E-state index in [1.54, 1.807) is 6.92 Å². The molecule has 1 atom stereocenters. The van der Waals surface area contributed by atoms with Crippen LogP contribution < -0.4 is 5.48 Å². The minimum atomic E-state index is -0.769. The molecule has 50 valence electrons. The molecule has 0 aliphatic heterocycles. The first-order valence-corrected chi connectivity index (χ1v) is 2.71. The molecule has 0 heterocycles. The van der Waals surface area contributed by atoms with Crippen molar-refractivity contribution in [2.45, 2.75) is 25.9 Å². The second kappa shape index (κ2) is 3.02. The van der Waals surface area contributed by atoms with Gasteiger partial charge in [0.25, 0.3) is 0 Å². The maximum Gasteiger partial charge on any atom is 0.0764 e. The van der Waals surface area contributed by atoms with Gasteiger partial charge in [-0.3, -0.25) is 0 Å². The van der Waals surface area contributed by atoms with Crippen LogP contribution in [0.3, 0.4) is 0 Å². The van der Waals surface area contributed by atoms with Crippen LogP contribution >= 0.6 is 0 Å². The van der Waals surface area contributed by atoms with Crippen LogP contribution in [0.5, 0.6) is 0 Å². The van der Waals surface area contributed by atoms with Gasteiger partial charge in [-0.1, -0.05) is 6.92 Å². The average molecular weight is 119 g/mol. The molecule has 0 bridgehead atoms. The Kier molecular flexibility index (Phi) is 2.97. The maximum atomic E-state index is 9.10. The standard InChI is InChI=1S/C5H13NO2/c1-3-5(2,7)4-6-8/h6-8H,3-4H2,1-2H3. The van der Waals surface area contributed by atoms with Crippen molar-refractivity contribution in [3.05, 3.63) is 0 Å². The third-order valence-corrected chi connectivity index (χ3v) is 1.22. The number of nitrogens with one attached hydrogen (secondary N) is 1. The summed E-state index contributed by atoms with van der Waals surface area (Å²) in [7, 11) is 0. The van der Waals surface area contributed by atoms with Crippen LogP contribution in [0, 0.1) is 0 Å². The number of rotatable bonds is 3. The Balaban J connectivity index is 3.37. The van der Waals surface area contributed by atoms with E-state index in [0.717, 1.165) is 0 Å². The van der Waals surface area contributed by atoms with Gasteiger partial charge in [0.05, 0.1) is 5.60 Å². The summed E-state index contributed by atoms with van der Waals surface area (Å²) < 4.78 is 0. The lowest BCUT2D eigenvalue weighted by Gasteiger charge is -2.18. The van der Waals surface area contributed by atoms with Gasteiger partial charge < -0.3 is 10.3 Å². The SMILES string of the molecule is CCC(C)(O)CNO. The largest absolute Gasteiger partial charge is 0.389 e. The normalized spacial score (nSPS) is 18.0. The van der Waals surface area contributed by atoms with Crippen LogP contribution in [0.25, 0.3) is 0 Å². The summed E-state index contributed by atoms with van der Waals surface area (Å²) in [4.78, 5) is 0. The number of aliphatic hydroxyl groups is 1. The van der Waals surface area contributed by atoms with Gasteiger partial charge in [0.2, 0.25) is 0 Å². The molecule has 0 aromatic rings. The summed E-state index contributed by atoms with van der Waals surface area (Å²) >= 11 is 0. The van der Waals surface area contributed by atoms with E-state index < -0.39 is 5.60 Å². The highest BCUT2D eigenvalue weighted by Crippen LogP contribution is 2.04. The minimum Gasteiger partial charge on any atom is -0.389 e. The molecule has 3 nitrogen and oxygen atoms in total. The molecule has 1 unspecified atom stereocenters. The lowest BCUT2D eigenvalue weighted by molar-refractivity contribution is 0.0148. The lowest BCUT2D eigenvalue weighted by atomic mass is 10.1. The Hall–Kier alpha value is -0.120. The Bertz CT molecular complexity index is 63.4. The molecule has 0 aliphatic carbocycles. The third kappa shape index (κ3) is 2.96. The number of hydrogen-bond donors (Lipinski definition) is 3. The topological polar surface area (TPSA) is 52.5 Å². The van der Waals surface area contributed by atoms with E-state index in [1.807, 2.05) is 12.4 Å². The smallest absolute Gasteiger partial charge is 0.0764 e. The van der Waals surface area contributed by atoms with E-state index in [2.05, 4.69) is 0 Å². The van der Waals surface area contributed by atoms with Crippen LogP contribution in [-0.4, -0.2) is 22.5 Å². The Labute approximate surface area is 49.3 Å². The van der Waals surface area contributed by atoms with Crippen LogP contribution in [0.2, 0.25) is 0 Å². The van der Waals surface area contributed by atoms with Crippen molar-refractivity contribution >= 4 is 0 Å². The van der Waals surface area contributed by atoms with Gasteiger partial charge in [-0.2, -0.15) is 0 Å². The average Bonchev–Trinajstić information content (AvgIpc) is 1.67. The number of hydroxylamine groups is 1. The molecule has 3 N–H and O–H groups in total. The fourth-order valence-corrected chi connectivity index (χ4v) is 0.295. The van der Waals surface area contributed by atoms with E-state index in [1.165, 1.54) is 0 Å². The minimum absolute atomic E-state index is 0.226. The highest BCUT2D eigenvalue weighted by atomic mass is 16.5. The van der Waals surface area contributed by atoms with E-state index in [0.29, 0.717) is 6.42 Å². The summed E-state index contributed by atoms with van der Waals surface area (Å²) in [6.07, 6.45) is 0.639. The van der Waals surface area contributed by atoms with Gasteiger partial charge >= 0.3 is 0 Å². The molecule has 0 rings (SSSR count). The lowest BCUT2D eigenvalue weighted by Crippen LogP contribution is -2.35. The van der Waals surface area contributed by atoms with E-state index in [9.17, 15) is 0 Å². The third-order valence-electron chi connectivity index (χ3n) is 1.22. The second-order valence-electron chi connectivity index (χ2n) is 2.19. The summed E-state index contributed by atoms with van der Waals surface area (Å²) in [5.74, 6) is 0. The fraction of sp³-hybridized carbons (Fsp3) is 1.00. The van der Waals surface area contributed by atoms with Crippen LogP contribution in [0.15, 0.2) is 0 Å². The van der Waals surface area contributed by atoms with Gasteiger partial charge in [0.15, 0.2) is 0 Å². The second-order valence-corrected chi connectivity index (χ2v) is 2.19. The molecular weight excluding hydrogens is 106 g/mol. The Morgan fingerprint density at radius 1 is 1.62 bits per heavy atom. The first kappa shape index (κ1) is 7.88. The van der Waals surface area contributed by atoms with Crippen molar-refractivity contribution in [1.29, 1.82) is 0 Å². The molecule has 3 heteroatoms. The molecule has 0 saturated carbocycles. The zero-order chi connectivity index (χ0) is 6.62. The van der Waals surface area contributed by atoms with E-state index in [-0.39, 0.29) is 6.54 Å². The number of hydrogen-bond acceptors (Lipinski definition) is 3. The molecule has 0 aliphatic rings. The quantitative estimate of drug-likeness (QED) is 0.463. The van der Waals surface area contributed by atoms with Gasteiger partial charge in [-0.25, -0.2) is 5.48 Å². The van der Waals surface area contributed by atoms with Crippen molar-refractivity contribution in [3.63, 3.8) is 0 Å². The van der Waals surface area contributed by atoms with Crippen LogP contribution in [0.4, 0.5) is 0 Å². The highest BCUT2D eigenvalue weighted by molar-refractivity contribution is 4.69. The van der Waals surface area contributed by atoms with E-state index in [4.69, 9.17) is 10.3 Å². The predicted octanol–water partition coefficient (Wildman–Crippen LogP) is 0.126. The predicted molar refractivity (Wildman–Crippen MR) is 30.7 cm³/mol. The molecule has 0 aromatic carbocycles. The fourth-order valence-electron chi connectivity index (χ4n) is 0.295. The molecule has 0 spiro atoms. The molecule has 0 fully saturated rings. The van der Waals surface area contributed by atoms with Crippen molar-refractivity contribution in [1.82, 2.24) is 5.48 Å². The van der Waals surface area contributed by atoms with E-state index >= 15 is 0 Å². The summed E-state index contributed by atoms with van der Waals surface area (Å²) in [5, 5.41) is 17.2. The van der Waals surface area contributed by atoms with Gasteiger partial charge in [-0.05, 0) is 13.3 Å². The highest BCUT2D eigenvalue weighted by Gasteiger charge is 2.15. The van der Waals surface area contributed by atoms with Crippen LogP contribution in [0.1, 0.15) is 20.3 Å². The molecule has 0 radical (unpaired) electrons. The van der Waals surface area contributed by atoms with Gasteiger partial charge in [0, 0.05) is 6.54 Å².